The Morgan fingerprint density at radius 2 is 1.97 bits per heavy atom. The number of aryl methyl sites for hydroxylation is 1. The highest BCUT2D eigenvalue weighted by molar-refractivity contribution is 6.30. The van der Waals surface area contributed by atoms with Crippen LogP contribution in [-0.2, 0) is 11.2 Å². The van der Waals surface area contributed by atoms with Gasteiger partial charge in [-0.1, -0.05) is 36.6 Å². The Morgan fingerprint density at radius 1 is 1.20 bits per heavy atom. The summed E-state index contributed by atoms with van der Waals surface area (Å²) in [6.07, 6.45) is 4.11. The maximum absolute atomic E-state index is 13.8. The number of nitrogens with zero attached hydrogens (tertiary/aromatic N) is 1. The zero-order chi connectivity index (χ0) is 24.7. The van der Waals surface area contributed by atoms with Crippen LogP contribution >= 0.6 is 11.6 Å². The summed E-state index contributed by atoms with van der Waals surface area (Å²) in [6.45, 7) is 2.29. The number of ether oxygens (including phenoxy) is 1. The number of likely N-dealkylation sites (tertiary alicyclic amines) is 1. The number of amides is 1. The van der Waals surface area contributed by atoms with E-state index in [1.165, 1.54) is 0 Å². The average molecular weight is 496 g/mol. The highest BCUT2D eigenvalue weighted by Crippen LogP contribution is 2.49. The molecule has 2 aliphatic rings. The van der Waals surface area contributed by atoms with E-state index >= 15 is 0 Å². The fraction of sp³-hybridized carbons (Fsp3) is 0.429. The quantitative estimate of drug-likeness (QED) is 0.503. The molecule has 1 aromatic heterocycles. The zero-order valence-corrected chi connectivity index (χ0v) is 20.8. The lowest BCUT2D eigenvalue weighted by atomic mass is 9.66. The van der Waals surface area contributed by atoms with Crippen molar-refractivity contribution in [2.75, 3.05) is 13.7 Å². The predicted octanol–water partition coefficient (Wildman–Crippen LogP) is 5.20. The number of fused-ring (bicyclic) bond motifs is 2. The van der Waals surface area contributed by atoms with E-state index in [1.807, 2.05) is 48.2 Å². The summed E-state index contributed by atoms with van der Waals surface area (Å²) in [5, 5.41) is 12.9. The third kappa shape index (κ3) is 4.34. The molecule has 1 aliphatic heterocycles. The Hall–Kier alpha value is -2.83. The van der Waals surface area contributed by atoms with E-state index < -0.39 is 11.2 Å². The van der Waals surface area contributed by atoms with E-state index in [0.717, 1.165) is 42.2 Å². The molecule has 5 rings (SSSR count). The number of hydrogen-bond acceptors (Lipinski definition) is 5. The van der Waals surface area contributed by atoms with E-state index in [9.17, 15) is 14.7 Å². The van der Waals surface area contributed by atoms with Crippen LogP contribution in [0.1, 0.15) is 54.8 Å². The number of halogens is 1. The summed E-state index contributed by atoms with van der Waals surface area (Å²) in [4.78, 5) is 28.5. The molecule has 1 saturated carbocycles. The zero-order valence-electron chi connectivity index (χ0n) is 20.1. The van der Waals surface area contributed by atoms with Crippen molar-refractivity contribution in [3.8, 4) is 5.75 Å². The topological polar surface area (TPSA) is 80.0 Å². The van der Waals surface area contributed by atoms with Crippen molar-refractivity contribution in [3.05, 3.63) is 74.6 Å². The normalized spacial score (nSPS) is 24.3. The molecule has 184 valence electrons. The van der Waals surface area contributed by atoms with E-state index in [-0.39, 0.29) is 24.3 Å². The Kier molecular flexibility index (Phi) is 6.36. The highest BCUT2D eigenvalue weighted by atomic mass is 35.5. The molecule has 6 nitrogen and oxygen atoms in total. The predicted molar refractivity (Wildman–Crippen MR) is 135 cm³/mol. The first-order valence-electron chi connectivity index (χ1n) is 12.2. The van der Waals surface area contributed by atoms with Gasteiger partial charge < -0.3 is 19.2 Å². The van der Waals surface area contributed by atoms with E-state index in [4.69, 9.17) is 20.8 Å². The largest absolute Gasteiger partial charge is 0.497 e. The first-order chi connectivity index (χ1) is 16.8. The molecule has 2 fully saturated rings. The van der Waals surface area contributed by atoms with Gasteiger partial charge in [-0.05, 0) is 61.6 Å². The summed E-state index contributed by atoms with van der Waals surface area (Å²) in [6, 6.07) is 12.6. The first kappa shape index (κ1) is 23.9. The number of aliphatic hydroxyl groups is 1. The van der Waals surface area contributed by atoms with Gasteiger partial charge in [0.1, 0.15) is 11.3 Å². The van der Waals surface area contributed by atoms with Crippen LogP contribution in [0.25, 0.3) is 11.0 Å². The van der Waals surface area contributed by atoms with Gasteiger partial charge in [0.25, 0.3) is 0 Å². The standard InChI is InChI=1S/C28H30ClNO5/c1-17-21-11-10-20(34-2)15-24(21)35-27(32)22(17)16-25(31)30-14-13-28(33)12-4-3-5-23(28)26(30)18-6-8-19(29)9-7-18/h6-11,15,23,26,33H,3-5,12-14,16H2,1-2H3/t23-,26+,28-/m1/s1. The molecule has 0 radical (unpaired) electrons. The Labute approximate surface area is 209 Å². The highest BCUT2D eigenvalue weighted by Gasteiger charge is 2.50. The molecular weight excluding hydrogens is 466 g/mol. The van der Waals surface area contributed by atoms with Crippen LogP contribution in [-0.4, -0.2) is 35.2 Å². The molecule has 1 N–H and O–H groups in total. The number of piperidine rings is 1. The van der Waals surface area contributed by atoms with Crippen LogP contribution in [0.4, 0.5) is 0 Å². The second-order valence-corrected chi connectivity index (χ2v) is 10.3. The first-order valence-corrected chi connectivity index (χ1v) is 12.6. The van der Waals surface area contributed by atoms with Crippen LogP contribution in [0.3, 0.4) is 0 Å². The Morgan fingerprint density at radius 3 is 2.71 bits per heavy atom. The summed E-state index contributed by atoms with van der Waals surface area (Å²) >= 11 is 6.14. The van der Waals surface area contributed by atoms with Gasteiger partial charge in [0.2, 0.25) is 5.91 Å². The molecule has 3 atom stereocenters. The minimum absolute atomic E-state index is 0.0502. The number of rotatable bonds is 4. The van der Waals surface area contributed by atoms with Gasteiger partial charge >= 0.3 is 5.63 Å². The number of methoxy groups -OCH3 is 1. The number of hydrogen-bond donors (Lipinski definition) is 1. The minimum atomic E-state index is -0.781. The fourth-order valence-electron chi connectivity index (χ4n) is 5.99. The molecule has 35 heavy (non-hydrogen) atoms. The van der Waals surface area contributed by atoms with Gasteiger partial charge in [-0.25, -0.2) is 4.79 Å². The SMILES string of the molecule is COc1ccc2c(C)c(CC(=O)N3CC[C@]4(O)CCCC[C@@H]4[C@@H]3c3ccc(Cl)cc3)c(=O)oc2c1. The molecule has 0 unspecified atom stereocenters. The third-order valence-electron chi connectivity index (χ3n) is 7.92. The van der Waals surface area contributed by atoms with Crippen molar-refractivity contribution in [1.29, 1.82) is 0 Å². The summed E-state index contributed by atoms with van der Waals surface area (Å²) in [7, 11) is 1.56. The number of carbonyl (C=O) groups excluding carboxylic acids is 1. The Bertz CT molecular complexity index is 1320. The third-order valence-corrected chi connectivity index (χ3v) is 8.17. The summed E-state index contributed by atoms with van der Waals surface area (Å²) < 4.78 is 10.8. The van der Waals surface area contributed by atoms with Gasteiger partial charge in [-0.3, -0.25) is 4.79 Å². The van der Waals surface area contributed by atoms with Gasteiger partial charge in [-0.15, -0.1) is 0 Å². The second-order valence-electron chi connectivity index (χ2n) is 9.82. The molecule has 1 saturated heterocycles. The molecule has 1 amide bonds. The summed E-state index contributed by atoms with van der Waals surface area (Å²) in [5.74, 6) is 0.403. The van der Waals surface area contributed by atoms with Crippen molar-refractivity contribution >= 4 is 28.5 Å². The maximum atomic E-state index is 13.8. The number of benzene rings is 2. The number of carbonyl (C=O) groups is 1. The Balaban J connectivity index is 1.50. The summed E-state index contributed by atoms with van der Waals surface area (Å²) in [5.41, 5.74) is 1.21. The molecule has 0 spiro atoms. The lowest BCUT2D eigenvalue weighted by Gasteiger charge is -2.52. The second kappa shape index (κ2) is 9.32. The van der Waals surface area contributed by atoms with E-state index in [1.54, 1.807) is 13.2 Å². The van der Waals surface area contributed by atoms with Gasteiger partial charge in [0.15, 0.2) is 0 Å². The van der Waals surface area contributed by atoms with Crippen molar-refractivity contribution in [2.45, 2.75) is 57.1 Å². The van der Waals surface area contributed by atoms with Crippen molar-refractivity contribution in [2.24, 2.45) is 5.92 Å². The minimum Gasteiger partial charge on any atom is -0.497 e. The van der Waals surface area contributed by atoms with Gasteiger partial charge in [0.05, 0.1) is 30.7 Å². The smallest absolute Gasteiger partial charge is 0.340 e. The fourth-order valence-corrected chi connectivity index (χ4v) is 6.12. The van der Waals surface area contributed by atoms with Crippen LogP contribution in [0, 0.1) is 12.8 Å². The van der Waals surface area contributed by atoms with Crippen molar-refractivity contribution < 1.29 is 19.1 Å². The van der Waals surface area contributed by atoms with E-state index in [2.05, 4.69) is 0 Å². The van der Waals surface area contributed by atoms with Crippen LogP contribution < -0.4 is 10.4 Å². The lowest BCUT2D eigenvalue weighted by molar-refractivity contribution is -0.154. The van der Waals surface area contributed by atoms with Crippen LogP contribution in [0.15, 0.2) is 51.7 Å². The monoisotopic (exact) mass is 495 g/mol. The van der Waals surface area contributed by atoms with Crippen molar-refractivity contribution in [3.63, 3.8) is 0 Å². The lowest BCUT2D eigenvalue weighted by Crippen LogP contribution is -2.56. The van der Waals surface area contributed by atoms with Crippen molar-refractivity contribution in [1.82, 2.24) is 4.90 Å². The molecule has 2 heterocycles. The molecule has 0 bridgehead atoms. The maximum Gasteiger partial charge on any atom is 0.340 e. The van der Waals surface area contributed by atoms with Crippen LogP contribution in [0.5, 0.6) is 5.75 Å². The molecule has 3 aromatic rings. The average Bonchev–Trinajstić information content (AvgIpc) is 2.85. The van der Waals surface area contributed by atoms with Crippen LogP contribution in [0.2, 0.25) is 5.02 Å². The van der Waals surface area contributed by atoms with E-state index in [0.29, 0.717) is 34.9 Å². The van der Waals surface area contributed by atoms with Gasteiger partial charge in [-0.2, -0.15) is 0 Å². The van der Waals surface area contributed by atoms with Gasteiger partial charge in [0, 0.05) is 28.9 Å². The molecule has 1 aliphatic carbocycles. The molecular formula is C28H30ClNO5. The molecule has 2 aromatic carbocycles. The molecule has 7 heteroatoms.